The van der Waals surface area contributed by atoms with Gasteiger partial charge in [0.25, 0.3) is 11.6 Å². The van der Waals surface area contributed by atoms with E-state index < -0.39 is 36.3 Å². The van der Waals surface area contributed by atoms with Crippen LogP contribution in [0.3, 0.4) is 0 Å². The number of ether oxygens (including phenoxy) is 3. The molecule has 2 aromatic rings. The molecular formula is C19H19F3N2O6. The number of benzene rings is 2. The van der Waals surface area contributed by atoms with Gasteiger partial charge in [0.2, 0.25) is 0 Å². The first-order valence-corrected chi connectivity index (χ1v) is 8.65. The van der Waals surface area contributed by atoms with Crippen LogP contribution >= 0.6 is 0 Å². The standard InChI is InChI=1S/C19H19F3N2O6/c1-12(10-29-11-19(20,21)22)23-18(25)16-9-13(24(26)27)3-8-17(16)30-15-6-4-14(28-2)5-7-15/h3-9,12H,10-11H2,1-2H3,(H,23,25). The van der Waals surface area contributed by atoms with Gasteiger partial charge in [0.15, 0.2) is 0 Å². The molecule has 2 aromatic carbocycles. The van der Waals surface area contributed by atoms with Crippen LogP contribution in [0.15, 0.2) is 42.5 Å². The number of nitrogens with one attached hydrogen (secondary N) is 1. The highest BCUT2D eigenvalue weighted by molar-refractivity contribution is 5.97. The average Bonchev–Trinajstić information content (AvgIpc) is 2.67. The van der Waals surface area contributed by atoms with E-state index in [1.807, 2.05) is 0 Å². The fourth-order valence-corrected chi connectivity index (χ4v) is 2.36. The lowest BCUT2D eigenvalue weighted by atomic mass is 10.1. The van der Waals surface area contributed by atoms with Gasteiger partial charge in [-0.2, -0.15) is 13.2 Å². The molecule has 0 heterocycles. The predicted octanol–water partition coefficient (Wildman–Crippen LogP) is 4.09. The van der Waals surface area contributed by atoms with Gasteiger partial charge in [0.1, 0.15) is 23.9 Å². The van der Waals surface area contributed by atoms with E-state index in [1.165, 1.54) is 26.2 Å². The van der Waals surface area contributed by atoms with Crippen molar-refractivity contribution in [1.82, 2.24) is 5.32 Å². The summed E-state index contributed by atoms with van der Waals surface area (Å²) in [5, 5.41) is 13.5. The molecule has 0 aliphatic carbocycles. The Kier molecular flexibility index (Phi) is 7.59. The topological polar surface area (TPSA) is 99.9 Å². The van der Waals surface area contributed by atoms with Gasteiger partial charge in [-0.25, -0.2) is 0 Å². The van der Waals surface area contributed by atoms with Gasteiger partial charge in [-0.05, 0) is 37.3 Å². The molecule has 1 atom stereocenters. The molecule has 1 N–H and O–H groups in total. The van der Waals surface area contributed by atoms with Crippen LogP contribution in [0.4, 0.5) is 18.9 Å². The van der Waals surface area contributed by atoms with Crippen molar-refractivity contribution >= 4 is 11.6 Å². The van der Waals surface area contributed by atoms with Crippen LogP contribution < -0.4 is 14.8 Å². The Morgan fingerprint density at radius 3 is 2.37 bits per heavy atom. The number of nitro groups is 1. The molecule has 0 aromatic heterocycles. The summed E-state index contributed by atoms with van der Waals surface area (Å²) >= 11 is 0. The number of halogens is 3. The highest BCUT2D eigenvalue weighted by Crippen LogP contribution is 2.30. The lowest BCUT2D eigenvalue weighted by molar-refractivity contribution is -0.384. The molecule has 0 aliphatic rings. The van der Waals surface area contributed by atoms with Crippen molar-refractivity contribution in [1.29, 1.82) is 0 Å². The second-order valence-electron chi connectivity index (χ2n) is 6.22. The van der Waals surface area contributed by atoms with Crippen molar-refractivity contribution in [3.05, 3.63) is 58.1 Å². The second kappa shape index (κ2) is 9.92. The van der Waals surface area contributed by atoms with Crippen molar-refractivity contribution in [2.45, 2.75) is 19.1 Å². The maximum absolute atomic E-state index is 12.6. The first-order valence-electron chi connectivity index (χ1n) is 8.65. The van der Waals surface area contributed by atoms with Crippen LogP contribution in [0.1, 0.15) is 17.3 Å². The Balaban J connectivity index is 2.17. The van der Waals surface area contributed by atoms with Crippen LogP contribution in [-0.4, -0.2) is 43.4 Å². The third kappa shape index (κ3) is 6.92. The van der Waals surface area contributed by atoms with E-state index in [9.17, 15) is 28.1 Å². The fourth-order valence-electron chi connectivity index (χ4n) is 2.36. The van der Waals surface area contributed by atoms with Crippen LogP contribution in [-0.2, 0) is 4.74 Å². The molecule has 8 nitrogen and oxygen atoms in total. The number of carbonyl (C=O) groups excluding carboxylic acids is 1. The number of carbonyl (C=O) groups is 1. The Bertz CT molecular complexity index is 887. The van der Waals surface area contributed by atoms with Crippen molar-refractivity contribution in [2.24, 2.45) is 0 Å². The largest absolute Gasteiger partial charge is 0.497 e. The van der Waals surface area contributed by atoms with E-state index in [4.69, 9.17) is 9.47 Å². The third-order valence-corrected chi connectivity index (χ3v) is 3.72. The molecule has 162 valence electrons. The number of alkyl halides is 3. The van der Waals surface area contributed by atoms with Gasteiger partial charge in [0.05, 0.1) is 24.2 Å². The summed E-state index contributed by atoms with van der Waals surface area (Å²) in [5.41, 5.74) is -0.495. The number of nitro benzene ring substituents is 1. The first kappa shape index (κ1) is 22.9. The highest BCUT2D eigenvalue weighted by Gasteiger charge is 2.28. The molecular weight excluding hydrogens is 409 g/mol. The van der Waals surface area contributed by atoms with Crippen molar-refractivity contribution in [3.8, 4) is 17.2 Å². The molecule has 30 heavy (non-hydrogen) atoms. The highest BCUT2D eigenvalue weighted by atomic mass is 19.4. The predicted molar refractivity (Wildman–Crippen MR) is 100.0 cm³/mol. The summed E-state index contributed by atoms with van der Waals surface area (Å²) in [5.74, 6) is 0.203. The maximum Gasteiger partial charge on any atom is 0.411 e. The monoisotopic (exact) mass is 428 g/mol. The number of methoxy groups -OCH3 is 1. The molecule has 1 unspecified atom stereocenters. The van der Waals surface area contributed by atoms with Gasteiger partial charge in [-0.15, -0.1) is 0 Å². The van der Waals surface area contributed by atoms with E-state index in [0.717, 1.165) is 6.07 Å². The van der Waals surface area contributed by atoms with E-state index in [2.05, 4.69) is 10.1 Å². The van der Waals surface area contributed by atoms with E-state index >= 15 is 0 Å². The molecule has 0 bridgehead atoms. The smallest absolute Gasteiger partial charge is 0.411 e. The van der Waals surface area contributed by atoms with Crippen molar-refractivity contribution < 1.29 is 37.1 Å². The molecule has 1 amide bonds. The molecule has 0 saturated carbocycles. The quantitative estimate of drug-likeness (QED) is 0.477. The number of nitrogens with zero attached hydrogens (tertiary/aromatic N) is 1. The van der Waals surface area contributed by atoms with Crippen LogP contribution in [0.5, 0.6) is 17.2 Å². The average molecular weight is 428 g/mol. The van der Waals surface area contributed by atoms with E-state index in [0.29, 0.717) is 11.5 Å². The van der Waals surface area contributed by atoms with Crippen molar-refractivity contribution in [3.63, 3.8) is 0 Å². The van der Waals surface area contributed by atoms with Gasteiger partial charge in [0, 0.05) is 18.2 Å². The summed E-state index contributed by atoms with van der Waals surface area (Å²) in [7, 11) is 1.49. The normalized spacial score (nSPS) is 12.2. The summed E-state index contributed by atoms with van der Waals surface area (Å²) in [4.78, 5) is 23.0. The Labute approximate surface area is 169 Å². The van der Waals surface area contributed by atoms with Crippen LogP contribution in [0, 0.1) is 10.1 Å². The summed E-state index contributed by atoms with van der Waals surface area (Å²) < 4.78 is 51.7. The summed E-state index contributed by atoms with van der Waals surface area (Å²) in [6.07, 6.45) is -4.48. The Morgan fingerprint density at radius 1 is 1.17 bits per heavy atom. The van der Waals surface area contributed by atoms with Crippen LogP contribution in [0.2, 0.25) is 0 Å². The zero-order chi connectivity index (χ0) is 22.3. The molecule has 0 radical (unpaired) electrons. The summed E-state index contributed by atoms with van der Waals surface area (Å²) in [6.45, 7) is -0.402. The molecule has 11 heteroatoms. The van der Waals surface area contributed by atoms with Gasteiger partial charge >= 0.3 is 6.18 Å². The Hall–Kier alpha value is -3.34. The lowest BCUT2D eigenvalue weighted by Crippen LogP contribution is -2.37. The Morgan fingerprint density at radius 2 is 1.80 bits per heavy atom. The minimum absolute atomic E-state index is 0.0340. The molecule has 0 spiro atoms. The van der Waals surface area contributed by atoms with E-state index in [1.54, 1.807) is 24.3 Å². The van der Waals surface area contributed by atoms with Gasteiger partial charge in [-0.1, -0.05) is 0 Å². The molecule has 2 rings (SSSR count). The first-order chi connectivity index (χ1) is 14.1. The third-order valence-electron chi connectivity index (χ3n) is 3.72. The molecule has 0 saturated heterocycles. The number of non-ortho nitro benzene ring substituents is 1. The van der Waals surface area contributed by atoms with Crippen molar-refractivity contribution in [2.75, 3.05) is 20.3 Å². The number of rotatable bonds is 9. The molecule has 0 fully saturated rings. The lowest BCUT2D eigenvalue weighted by Gasteiger charge is -2.17. The maximum atomic E-state index is 12.6. The minimum atomic E-state index is -4.48. The van der Waals surface area contributed by atoms with E-state index in [-0.39, 0.29) is 17.0 Å². The zero-order valence-electron chi connectivity index (χ0n) is 16.1. The number of amides is 1. The second-order valence-corrected chi connectivity index (χ2v) is 6.22. The van der Waals surface area contributed by atoms with Crippen LogP contribution in [0.25, 0.3) is 0 Å². The molecule has 0 aliphatic heterocycles. The SMILES string of the molecule is COc1ccc(Oc2ccc([N+](=O)[O-])cc2C(=O)NC(C)COCC(F)(F)F)cc1. The fraction of sp³-hybridized carbons (Fsp3) is 0.316. The number of hydrogen-bond donors (Lipinski definition) is 1. The zero-order valence-corrected chi connectivity index (χ0v) is 16.1. The number of hydrogen-bond acceptors (Lipinski definition) is 6. The van der Waals surface area contributed by atoms with Gasteiger partial charge in [-0.3, -0.25) is 14.9 Å². The minimum Gasteiger partial charge on any atom is -0.497 e. The summed E-state index contributed by atoms with van der Waals surface area (Å²) in [6, 6.07) is 9.09. The van der Waals surface area contributed by atoms with Gasteiger partial charge < -0.3 is 19.5 Å².